The normalized spacial score (nSPS) is 17.4. The number of halogens is 7. The minimum Gasteiger partial charge on any atom is -0.338 e. The lowest BCUT2D eigenvalue weighted by molar-refractivity contribution is -0.143. The maximum Gasteiger partial charge on any atom is 0.416 e. The number of likely N-dealkylation sites (tertiary alicyclic amines) is 1. The number of aromatic nitrogens is 2. The van der Waals surface area contributed by atoms with Gasteiger partial charge in [0.05, 0.1) is 34.1 Å². The molecule has 1 aromatic heterocycles. The van der Waals surface area contributed by atoms with Crippen molar-refractivity contribution in [2.45, 2.75) is 44.2 Å². The number of carbonyl (C=O) groups is 3. The molecule has 4 amide bonds. The van der Waals surface area contributed by atoms with Crippen LogP contribution in [0.2, 0.25) is 5.02 Å². The zero-order valence-electron chi connectivity index (χ0n) is 22.8. The van der Waals surface area contributed by atoms with Gasteiger partial charge in [-0.1, -0.05) is 23.7 Å². The number of imide groups is 1. The topological polar surface area (TPSA) is 78.8 Å². The van der Waals surface area contributed by atoms with E-state index < -0.39 is 52.4 Å². The highest BCUT2D eigenvalue weighted by Gasteiger charge is 2.59. The Hall–Kier alpha value is -4.07. The summed E-state index contributed by atoms with van der Waals surface area (Å²) in [4.78, 5) is 44.4. The Labute approximate surface area is 246 Å². The van der Waals surface area contributed by atoms with Gasteiger partial charge in [-0.15, -0.1) is 0 Å². The number of aryl methyl sites for hydroxylation is 2. The van der Waals surface area contributed by atoms with E-state index in [0.29, 0.717) is 17.8 Å². The van der Waals surface area contributed by atoms with E-state index in [2.05, 4.69) is 5.10 Å². The number of hydrogen-bond donors (Lipinski definition) is 0. The maximum atomic E-state index is 14.0. The highest BCUT2D eigenvalue weighted by atomic mass is 35.5. The molecular weight excluding hydrogens is 604 g/mol. The molecule has 2 aliphatic rings. The van der Waals surface area contributed by atoms with Crippen molar-refractivity contribution in [1.29, 1.82) is 0 Å². The number of benzene rings is 2. The van der Waals surface area contributed by atoms with Crippen molar-refractivity contribution in [2.24, 2.45) is 7.05 Å². The molecule has 0 unspecified atom stereocenters. The molecule has 3 heterocycles. The van der Waals surface area contributed by atoms with Crippen LogP contribution in [0.15, 0.2) is 48.5 Å². The van der Waals surface area contributed by atoms with E-state index in [9.17, 15) is 40.7 Å². The van der Waals surface area contributed by atoms with Gasteiger partial charge in [0.25, 0.3) is 11.8 Å². The van der Waals surface area contributed by atoms with Crippen molar-refractivity contribution in [2.75, 3.05) is 18.0 Å². The number of rotatable bonds is 4. The second kappa shape index (κ2) is 10.6. The van der Waals surface area contributed by atoms with Crippen molar-refractivity contribution in [3.8, 4) is 0 Å². The third kappa shape index (κ3) is 5.43. The molecule has 0 radical (unpaired) electrons. The summed E-state index contributed by atoms with van der Waals surface area (Å²) in [5.41, 5.74) is -4.02. The number of carbonyl (C=O) groups excluding carboxylic acids is 3. The largest absolute Gasteiger partial charge is 0.416 e. The molecule has 2 fully saturated rings. The van der Waals surface area contributed by atoms with Crippen molar-refractivity contribution in [1.82, 2.24) is 19.6 Å². The van der Waals surface area contributed by atoms with E-state index in [0.717, 1.165) is 15.5 Å². The number of hydrogen-bond acceptors (Lipinski definition) is 4. The molecule has 0 N–H and O–H groups in total. The molecule has 0 atom stereocenters. The molecule has 2 saturated heterocycles. The first-order valence-electron chi connectivity index (χ1n) is 13.0. The van der Waals surface area contributed by atoms with Gasteiger partial charge in [-0.3, -0.25) is 24.1 Å². The first-order valence-corrected chi connectivity index (χ1v) is 13.4. The third-order valence-electron chi connectivity index (χ3n) is 7.78. The smallest absolute Gasteiger partial charge is 0.338 e. The maximum absolute atomic E-state index is 14.0. The van der Waals surface area contributed by atoms with Crippen LogP contribution >= 0.6 is 11.6 Å². The van der Waals surface area contributed by atoms with Crippen LogP contribution in [-0.2, 0) is 30.7 Å². The molecule has 43 heavy (non-hydrogen) atoms. The van der Waals surface area contributed by atoms with Gasteiger partial charge < -0.3 is 4.90 Å². The summed E-state index contributed by atoms with van der Waals surface area (Å²) in [6, 6.07) is 8.11. The first-order chi connectivity index (χ1) is 20.0. The molecule has 2 aromatic carbocycles. The van der Waals surface area contributed by atoms with Crippen LogP contribution in [0.1, 0.15) is 45.7 Å². The molecule has 5 rings (SSSR count). The second-order valence-corrected chi connectivity index (χ2v) is 10.9. The van der Waals surface area contributed by atoms with Crippen LogP contribution in [-0.4, -0.2) is 56.1 Å². The van der Waals surface area contributed by atoms with Crippen molar-refractivity contribution < 1.29 is 40.7 Å². The Bertz CT molecular complexity index is 1560. The summed E-state index contributed by atoms with van der Waals surface area (Å²) in [5, 5.41) is 4.50. The molecule has 1 spiro atoms. The average molecular weight is 628 g/mol. The highest BCUT2D eigenvalue weighted by Crippen LogP contribution is 2.44. The number of alkyl halides is 6. The molecule has 0 saturated carbocycles. The molecule has 0 aliphatic carbocycles. The van der Waals surface area contributed by atoms with Gasteiger partial charge in [0.1, 0.15) is 5.54 Å². The fraction of sp³-hybridized carbons (Fsp3) is 0.357. The summed E-state index contributed by atoms with van der Waals surface area (Å²) < 4.78 is 81.9. The fourth-order valence-corrected chi connectivity index (χ4v) is 5.72. The molecule has 0 bridgehead atoms. The van der Waals surface area contributed by atoms with Crippen LogP contribution in [0, 0.1) is 6.92 Å². The standard InChI is InChI=1S/C28H24ClF6N5O3/c1-16-11-20(36-37(16)2)15-39-24(42)26(40(25(39)43)22-6-4-3-5-21(22)29)7-9-38(10-8-26)23(41)17-12-18(27(30,31)32)14-19(13-17)28(33,34)35/h3-6,11-14H,7-10,15H2,1-2H3. The number of nitrogens with zero attached hydrogens (tertiary/aromatic N) is 5. The van der Waals surface area contributed by atoms with Gasteiger partial charge in [-0.25, -0.2) is 4.79 Å². The zero-order chi connectivity index (χ0) is 31.5. The number of piperidine rings is 1. The van der Waals surface area contributed by atoms with Crippen LogP contribution in [0.25, 0.3) is 0 Å². The van der Waals surface area contributed by atoms with Gasteiger partial charge in [-0.2, -0.15) is 31.4 Å². The SMILES string of the molecule is Cc1cc(CN2C(=O)N(c3ccccc3Cl)C3(CCN(C(=O)c4cc(C(F)(F)F)cc(C(F)(F)F)c4)CC3)C2=O)nn1C. The van der Waals surface area contributed by atoms with Crippen molar-refractivity contribution >= 4 is 35.1 Å². The van der Waals surface area contributed by atoms with Gasteiger partial charge >= 0.3 is 18.4 Å². The quantitative estimate of drug-likeness (QED) is 0.260. The second-order valence-electron chi connectivity index (χ2n) is 10.5. The Morgan fingerprint density at radius 3 is 2.05 bits per heavy atom. The predicted molar refractivity (Wildman–Crippen MR) is 142 cm³/mol. The molecular formula is C28H24ClF6N5O3. The van der Waals surface area contributed by atoms with Crippen LogP contribution < -0.4 is 4.90 Å². The summed E-state index contributed by atoms with van der Waals surface area (Å²) in [6.45, 7) is 1.20. The fourth-order valence-electron chi connectivity index (χ4n) is 5.50. The summed E-state index contributed by atoms with van der Waals surface area (Å²) in [6.07, 6.45) is -10.5. The number of amides is 4. The summed E-state index contributed by atoms with van der Waals surface area (Å²) in [7, 11) is 1.71. The van der Waals surface area contributed by atoms with Gasteiger partial charge in [0, 0.05) is 31.4 Å². The van der Waals surface area contributed by atoms with Crippen LogP contribution in [0.3, 0.4) is 0 Å². The predicted octanol–water partition coefficient (Wildman–Crippen LogP) is 6.06. The van der Waals surface area contributed by atoms with Gasteiger partial charge in [-0.05, 0) is 56.2 Å². The first kappa shape index (κ1) is 30.4. The number of anilines is 1. The monoisotopic (exact) mass is 627 g/mol. The van der Waals surface area contributed by atoms with Crippen LogP contribution in [0.5, 0.6) is 0 Å². The van der Waals surface area contributed by atoms with Crippen molar-refractivity contribution in [3.05, 3.63) is 81.6 Å². The lowest BCUT2D eigenvalue weighted by atomic mass is 9.85. The lowest BCUT2D eigenvalue weighted by Crippen LogP contribution is -2.57. The van der Waals surface area contributed by atoms with E-state index in [-0.39, 0.29) is 49.3 Å². The number of urea groups is 1. The Morgan fingerprint density at radius 2 is 1.53 bits per heavy atom. The third-order valence-corrected chi connectivity index (χ3v) is 8.10. The van der Waals surface area contributed by atoms with E-state index in [1.54, 1.807) is 42.9 Å². The zero-order valence-corrected chi connectivity index (χ0v) is 23.5. The van der Waals surface area contributed by atoms with E-state index in [4.69, 9.17) is 11.6 Å². The van der Waals surface area contributed by atoms with Crippen LogP contribution in [0.4, 0.5) is 36.8 Å². The molecule has 8 nitrogen and oxygen atoms in total. The van der Waals surface area contributed by atoms with E-state index in [1.165, 1.54) is 11.0 Å². The Kier molecular flexibility index (Phi) is 7.48. The summed E-state index contributed by atoms with van der Waals surface area (Å²) in [5.74, 6) is -1.64. The van der Waals surface area contributed by atoms with Gasteiger partial charge in [0.15, 0.2) is 0 Å². The minimum absolute atomic E-state index is 0.0517. The average Bonchev–Trinajstić information content (AvgIpc) is 3.35. The summed E-state index contributed by atoms with van der Waals surface area (Å²) >= 11 is 6.43. The van der Waals surface area contributed by atoms with Gasteiger partial charge in [0.2, 0.25) is 0 Å². The minimum atomic E-state index is -5.12. The Morgan fingerprint density at radius 1 is 0.953 bits per heavy atom. The molecule has 2 aliphatic heterocycles. The van der Waals surface area contributed by atoms with E-state index >= 15 is 0 Å². The molecule has 228 valence electrons. The molecule has 3 aromatic rings. The lowest BCUT2D eigenvalue weighted by Gasteiger charge is -2.42. The molecule has 15 heteroatoms. The van der Waals surface area contributed by atoms with Crippen molar-refractivity contribution in [3.63, 3.8) is 0 Å². The number of para-hydroxylation sites is 1. The highest BCUT2D eigenvalue weighted by molar-refractivity contribution is 6.34. The Balaban J connectivity index is 1.47. The van der Waals surface area contributed by atoms with E-state index in [1.807, 2.05) is 0 Å².